The Morgan fingerprint density at radius 3 is 2.76 bits per heavy atom. The van der Waals surface area contributed by atoms with Crippen molar-refractivity contribution >= 4 is 11.4 Å². The Labute approximate surface area is 150 Å². The summed E-state index contributed by atoms with van der Waals surface area (Å²) in [5.74, 6) is 2.13. The van der Waals surface area contributed by atoms with Crippen LogP contribution in [-0.2, 0) is 6.61 Å². The normalized spacial score (nSPS) is 11.8. The van der Waals surface area contributed by atoms with Gasteiger partial charge in [0, 0.05) is 6.04 Å². The number of ether oxygens (including phenoxy) is 1. The maximum absolute atomic E-state index is 5.96. The molecule has 0 fully saturated rings. The summed E-state index contributed by atoms with van der Waals surface area (Å²) in [5, 5.41) is 3.49. The average Bonchev–Trinajstić information content (AvgIpc) is 2.60. The van der Waals surface area contributed by atoms with Gasteiger partial charge >= 0.3 is 0 Å². The van der Waals surface area contributed by atoms with Gasteiger partial charge in [-0.3, -0.25) is 0 Å². The van der Waals surface area contributed by atoms with E-state index in [0.717, 1.165) is 47.9 Å². The van der Waals surface area contributed by atoms with Crippen molar-refractivity contribution in [3.8, 4) is 5.75 Å². The van der Waals surface area contributed by atoms with Gasteiger partial charge in [0.15, 0.2) is 11.6 Å². The highest BCUT2D eigenvalue weighted by Crippen LogP contribution is 2.24. The lowest BCUT2D eigenvalue weighted by Crippen LogP contribution is -2.20. The van der Waals surface area contributed by atoms with Crippen molar-refractivity contribution in [3.63, 3.8) is 0 Å². The Morgan fingerprint density at radius 2 is 2.08 bits per heavy atom. The van der Waals surface area contributed by atoms with Crippen LogP contribution in [0, 0.1) is 6.92 Å². The first kappa shape index (κ1) is 18.9. The molecule has 0 aliphatic rings. The first-order valence-electron chi connectivity index (χ1n) is 8.88. The molecule has 2 rings (SSSR count). The highest BCUT2D eigenvalue weighted by molar-refractivity contribution is 5.57. The minimum Gasteiger partial charge on any atom is -0.482 e. The number of allylic oxidation sites excluding steroid dienone is 1. The standard InChI is InChI=1S/C20H28N4O/c1-6-9-16(7-2)24-20-19(12-21-15(5)22-20)25-13-17-10-8-11-18(23-17)14(3)4/h8,10-12,16H,3,6-7,9,13H2,1-2,4-5H3,(H,21,22,24). The third kappa shape index (κ3) is 5.55. The van der Waals surface area contributed by atoms with Crippen LogP contribution in [0.1, 0.15) is 57.2 Å². The van der Waals surface area contributed by atoms with Crippen LogP contribution in [0.4, 0.5) is 5.82 Å². The molecule has 25 heavy (non-hydrogen) atoms. The maximum Gasteiger partial charge on any atom is 0.180 e. The second-order valence-corrected chi connectivity index (χ2v) is 6.25. The van der Waals surface area contributed by atoms with Gasteiger partial charge in [0.05, 0.1) is 17.6 Å². The first-order valence-corrected chi connectivity index (χ1v) is 8.88. The molecule has 2 aromatic heterocycles. The number of anilines is 1. The molecule has 5 nitrogen and oxygen atoms in total. The monoisotopic (exact) mass is 340 g/mol. The second-order valence-electron chi connectivity index (χ2n) is 6.25. The van der Waals surface area contributed by atoms with Crippen LogP contribution in [0.5, 0.6) is 5.75 Å². The number of hydrogen-bond acceptors (Lipinski definition) is 5. The van der Waals surface area contributed by atoms with E-state index in [0.29, 0.717) is 18.4 Å². The molecule has 0 amide bonds. The smallest absolute Gasteiger partial charge is 0.180 e. The van der Waals surface area contributed by atoms with Crippen molar-refractivity contribution in [3.05, 3.63) is 48.2 Å². The van der Waals surface area contributed by atoms with Crippen molar-refractivity contribution in [2.45, 2.75) is 59.6 Å². The highest BCUT2D eigenvalue weighted by atomic mass is 16.5. The van der Waals surface area contributed by atoms with E-state index in [4.69, 9.17) is 4.74 Å². The fraction of sp³-hybridized carbons (Fsp3) is 0.450. The number of nitrogens with zero attached hydrogens (tertiary/aromatic N) is 3. The summed E-state index contributed by atoms with van der Waals surface area (Å²) >= 11 is 0. The number of hydrogen-bond donors (Lipinski definition) is 1. The number of rotatable bonds is 9. The number of aromatic nitrogens is 3. The lowest BCUT2D eigenvalue weighted by atomic mass is 10.1. The van der Waals surface area contributed by atoms with E-state index >= 15 is 0 Å². The SMILES string of the molecule is C=C(C)c1cccc(COc2cnc(C)nc2NC(CC)CCC)n1. The summed E-state index contributed by atoms with van der Waals surface area (Å²) in [7, 11) is 0. The topological polar surface area (TPSA) is 59.9 Å². The van der Waals surface area contributed by atoms with Crippen LogP contribution in [0.2, 0.25) is 0 Å². The quantitative estimate of drug-likeness (QED) is 0.711. The first-order chi connectivity index (χ1) is 12.0. The molecule has 1 unspecified atom stereocenters. The van der Waals surface area contributed by atoms with Crippen LogP contribution in [-0.4, -0.2) is 21.0 Å². The molecule has 5 heteroatoms. The van der Waals surface area contributed by atoms with Crippen LogP contribution < -0.4 is 10.1 Å². The number of nitrogens with one attached hydrogen (secondary N) is 1. The molecular formula is C20H28N4O. The van der Waals surface area contributed by atoms with E-state index in [2.05, 4.69) is 40.7 Å². The summed E-state index contributed by atoms with van der Waals surface area (Å²) < 4.78 is 5.96. The lowest BCUT2D eigenvalue weighted by Gasteiger charge is -2.19. The predicted octanol–water partition coefficient (Wildman–Crippen LogP) is 4.78. The Bertz CT molecular complexity index is 715. The molecule has 134 valence electrons. The fourth-order valence-electron chi connectivity index (χ4n) is 2.54. The molecule has 0 aromatic carbocycles. The molecule has 2 aromatic rings. The van der Waals surface area contributed by atoms with Crippen LogP contribution >= 0.6 is 0 Å². The molecule has 2 heterocycles. The van der Waals surface area contributed by atoms with E-state index in [9.17, 15) is 0 Å². The molecule has 0 radical (unpaired) electrons. The van der Waals surface area contributed by atoms with Gasteiger partial charge in [-0.2, -0.15) is 0 Å². The number of pyridine rings is 1. The maximum atomic E-state index is 5.96. The van der Waals surface area contributed by atoms with Crippen LogP contribution in [0.25, 0.3) is 5.57 Å². The van der Waals surface area contributed by atoms with Crippen molar-refractivity contribution in [2.24, 2.45) is 0 Å². The third-order valence-corrected chi connectivity index (χ3v) is 3.97. The zero-order valence-electron chi connectivity index (χ0n) is 15.7. The zero-order chi connectivity index (χ0) is 18.2. The largest absolute Gasteiger partial charge is 0.482 e. The molecule has 0 bridgehead atoms. The van der Waals surface area contributed by atoms with E-state index in [-0.39, 0.29) is 0 Å². The van der Waals surface area contributed by atoms with Gasteiger partial charge in [0.25, 0.3) is 0 Å². The van der Waals surface area contributed by atoms with Gasteiger partial charge in [-0.1, -0.05) is 32.9 Å². The minimum absolute atomic E-state index is 0.368. The van der Waals surface area contributed by atoms with Crippen LogP contribution in [0.15, 0.2) is 31.0 Å². The van der Waals surface area contributed by atoms with E-state index in [1.807, 2.05) is 32.0 Å². The van der Waals surface area contributed by atoms with Gasteiger partial charge in [-0.05, 0) is 44.4 Å². The highest BCUT2D eigenvalue weighted by Gasteiger charge is 2.12. The molecule has 0 saturated heterocycles. The fourth-order valence-corrected chi connectivity index (χ4v) is 2.54. The molecule has 0 spiro atoms. The van der Waals surface area contributed by atoms with Crippen molar-refractivity contribution < 1.29 is 4.74 Å². The molecule has 0 aliphatic carbocycles. The molecule has 1 atom stereocenters. The Kier molecular flexibility index (Phi) is 6.92. The summed E-state index contributed by atoms with van der Waals surface area (Å²) in [6, 6.07) is 6.24. The predicted molar refractivity (Wildman–Crippen MR) is 103 cm³/mol. The third-order valence-electron chi connectivity index (χ3n) is 3.97. The van der Waals surface area contributed by atoms with Gasteiger partial charge in [-0.15, -0.1) is 0 Å². The van der Waals surface area contributed by atoms with Gasteiger partial charge in [0.1, 0.15) is 12.4 Å². The van der Waals surface area contributed by atoms with Crippen LogP contribution in [0.3, 0.4) is 0 Å². The second kappa shape index (κ2) is 9.16. The minimum atomic E-state index is 0.368. The van der Waals surface area contributed by atoms with Gasteiger partial charge in [-0.25, -0.2) is 15.0 Å². The van der Waals surface area contributed by atoms with Gasteiger partial charge < -0.3 is 10.1 Å². The zero-order valence-corrected chi connectivity index (χ0v) is 15.7. The summed E-state index contributed by atoms with van der Waals surface area (Å²) in [6.07, 6.45) is 5.00. The van der Waals surface area contributed by atoms with Gasteiger partial charge in [0.2, 0.25) is 0 Å². The Hall–Kier alpha value is -2.43. The lowest BCUT2D eigenvalue weighted by molar-refractivity contribution is 0.299. The Balaban J connectivity index is 2.13. The van der Waals surface area contributed by atoms with E-state index in [1.54, 1.807) is 6.20 Å². The average molecular weight is 340 g/mol. The summed E-state index contributed by atoms with van der Waals surface area (Å²) in [4.78, 5) is 13.3. The van der Waals surface area contributed by atoms with Crippen molar-refractivity contribution in [2.75, 3.05) is 5.32 Å². The summed E-state index contributed by atoms with van der Waals surface area (Å²) in [5.41, 5.74) is 2.68. The molecule has 0 saturated carbocycles. The molecular weight excluding hydrogens is 312 g/mol. The van der Waals surface area contributed by atoms with Crippen molar-refractivity contribution in [1.82, 2.24) is 15.0 Å². The van der Waals surface area contributed by atoms with E-state index < -0.39 is 0 Å². The molecule has 1 N–H and O–H groups in total. The summed E-state index contributed by atoms with van der Waals surface area (Å²) in [6.45, 7) is 12.5. The number of aryl methyl sites for hydroxylation is 1. The Morgan fingerprint density at radius 1 is 1.28 bits per heavy atom. The van der Waals surface area contributed by atoms with E-state index in [1.165, 1.54) is 0 Å². The molecule has 0 aliphatic heterocycles. The van der Waals surface area contributed by atoms with Crippen molar-refractivity contribution in [1.29, 1.82) is 0 Å².